The SMILES string of the molecule is CCN1CC(C(=O)N2CCC[C@H]2CO)CC1=O. The molecule has 0 bridgehead atoms. The molecule has 0 saturated carbocycles. The fourth-order valence-electron chi connectivity index (χ4n) is 2.79. The Morgan fingerprint density at radius 1 is 1.53 bits per heavy atom. The van der Waals surface area contributed by atoms with Gasteiger partial charge in [-0.15, -0.1) is 0 Å². The topological polar surface area (TPSA) is 60.9 Å². The van der Waals surface area contributed by atoms with Crippen molar-refractivity contribution in [3.63, 3.8) is 0 Å². The molecule has 2 aliphatic heterocycles. The van der Waals surface area contributed by atoms with Crippen molar-refractivity contribution in [1.29, 1.82) is 0 Å². The molecule has 5 nitrogen and oxygen atoms in total. The zero-order chi connectivity index (χ0) is 12.4. The van der Waals surface area contributed by atoms with Crippen LogP contribution in [0, 0.1) is 5.92 Å². The molecule has 1 unspecified atom stereocenters. The summed E-state index contributed by atoms with van der Waals surface area (Å²) in [7, 11) is 0. The summed E-state index contributed by atoms with van der Waals surface area (Å²) in [6.45, 7) is 3.90. The normalized spacial score (nSPS) is 29.2. The average molecular weight is 240 g/mol. The highest BCUT2D eigenvalue weighted by Gasteiger charge is 2.38. The fraction of sp³-hybridized carbons (Fsp3) is 0.833. The smallest absolute Gasteiger partial charge is 0.228 e. The summed E-state index contributed by atoms with van der Waals surface area (Å²) in [6.07, 6.45) is 2.16. The fourth-order valence-corrected chi connectivity index (χ4v) is 2.79. The van der Waals surface area contributed by atoms with E-state index in [0.29, 0.717) is 19.5 Å². The number of carbonyl (C=O) groups is 2. The van der Waals surface area contributed by atoms with Crippen LogP contribution in [0.15, 0.2) is 0 Å². The van der Waals surface area contributed by atoms with Gasteiger partial charge in [0.05, 0.1) is 18.6 Å². The minimum atomic E-state index is -0.199. The van der Waals surface area contributed by atoms with Crippen LogP contribution in [0.5, 0.6) is 0 Å². The Bertz CT molecular complexity index is 319. The lowest BCUT2D eigenvalue weighted by atomic mass is 10.1. The minimum absolute atomic E-state index is 0.0316. The van der Waals surface area contributed by atoms with Gasteiger partial charge in [0, 0.05) is 26.1 Å². The predicted molar refractivity (Wildman–Crippen MR) is 62.2 cm³/mol. The van der Waals surface area contributed by atoms with E-state index in [1.165, 1.54) is 0 Å². The lowest BCUT2D eigenvalue weighted by molar-refractivity contribution is -0.137. The van der Waals surface area contributed by atoms with Gasteiger partial charge >= 0.3 is 0 Å². The van der Waals surface area contributed by atoms with Crippen LogP contribution < -0.4 is 0 Å². The molecule has 0 spiro atoms. The Labute approximate surface area is 101 Å². The molecule has 1 N–H and O–H groups in total. The van der Waals surface area contributed by atoms with Crippen molar-refractivity contribution >= 4 is 11.8 Å². The molecule has 0 aromatic carbocycles. The lowest BCUT2D eigenvalue weighted by Crippen LogP contribution is -2.42. The van der Waals surface area contributed by atoms with E-state index in [9.17, 15) is 14.7 Å². The first kappa shape index (κ1) is 12.4. The van der Waals surface area contributed by atoms with Crippen molar-refractivity contribution in [2.45, 2.75) is 32.2 Å². The number of nitrogens with zero attached hydrogens (tertiary/aromatic N) is 2. The first-order valence-corrected chi connectivity index (χ1v) is 6.36. The summed E-state index contributed by atoms with van der Waals surface area (Å²) in [5.41, 5.74) is 0. The molecule has 0 aliphatic carbocycles. The quantitative estimate of drug-likeness (QED) is 0.745. The molecule has 2 saturated heterocycles. The highest BCUT2D eigenvalue weighted by atomic mass is 16.3. The average Bonchev–Trinajstić information content (AvgIpc) is 2.93. The van der Waals surface area contributed by atoms with E-state index in [-0.39, 0.29) is 30.4 Å². The van der Waals surface area contributed by atoms with Gasteiger partial charge in [-0.3, -0.25) is 9.59 Å². The predicted octanol–water partition coefficient (Wildman–Crippen LogP) is -0.162. The maximum absolute atomic E-state index is 12.3. The maximum atomic E-state index is 12.3. The van der Waals surface area contributed by atoms with Gasteiger partial charge in [0.25, 0.3) is 0 Å². The van der Waals surface area contributed by atoms with Crippen molar-refractivity contribution in [3.8, 4) is 0 Å². The van der Waals surface area contributed by atoms with Crippen molar-refractivity contribution in [2.24, 2.45) is 5.92 Å². The van der Waals surface area contributed by atoms with Gasteiger partial charge in [-0.05, 0) is 19.8 Å². The second kappa shape index (κ2) is 5.04. The lowest BCUT2D eigenvalue weighted by Gasteiger charge is -2.25. The number of likely N-dealkylation sites (tertiary alicyclic amines) is 2. The molecular formula is C12H20N2O3. The van der Waals surface area contributed by atoms with Crippen molar-refractivity contribution in [1.82, 2.24) is 9.80 Å². The summed E-state index contributed by atoms with van der Waals surface area (Å²) >= 11 is 0. The van der Waals surface area contributed by atoms with Crippen LogP contribution in [0.2, 0.25) is 0 Å². The van der Waals surface area contributed by atoms with Gasteiger partial charge in [-0.25, -0.2) is 0 Å². The number of amides is 2. The third kappa shape index (κ3) is 2.29. The number of rotatable bonds is 3. The summed E-state index contributed by atoms with van der Waals surface area (Å²) < 4.78 is 0. The van der Waals surface area contributed by atoms with Crippen LogP contribution >= 0.6 is 0 Å². The van der Waals surface area contributed by atoms with Gasteiger partial charge < -0.3 is 14.9 Å². The Balaban J connectivity index is 1.99. The van der Waals surface area contributed by atoms with Crippen LogP contribution in [-0.4, -0.2) is 59.0 Å². The molecule has 2 rings (SSSR count). The molecule has 96 valence electrons. The van der Waals surface area contributed by atoms with Crippen LogP contribution in [-0.2, 0) is 9.59 Å². The van der Waals surface area contributed by atoms with Gasteiger partial charge in [-0.2, -0.15) is 0 Å². The largest absolute Gasteiger partial charge is 0.394 e. The van der Waals surface area contributed by atoms with Crippen molar-refractivity contribution in [3.05, 3.63) is 0 Å². The summed E-state index contributed by atoms with van der Waals surface area (Å²) in [6, 6.07) is -0.0340. The number of aliphatic hydroxyl groups excluding tert-OH is 1. The van der Waals surface area contributed by atoms with Gasteiger partial charge in [0.1, 0.15) is 0 Å². The highest BCUT2D eigenvalue weighted by Crippen LogP contribution is 2.24. The van der Waals surface area contributed by atoms with Crippen LogP contribution in [0.4, 0.5) is 0 Å². The highest BCUT2D eigenvalue weighted by molar-refractivity contribution is 5.89. The van der Waals surface area contributed by atoms with E-state index in [4.69, 9.17) is 0 Å². The van der Waals surface area contributed by atoms with Crippen LogP contribution in [0.3, 0.4) is 0 Å². The molecule has 2 heterocycles. The van der Waals surface area contributed by atoms with Gasteiger partial charge in [0.15, 0.2) is 0 Å². The maximum Gasteiger partial charge on any atom is 0.228 e. The van der Waals surface area contributed by atoms with Crippen molar-refractivity contribution in [2.75, 3.05) is 26.2 Å². The summed E-state index contributed by atoms with van der Waals surface area (Å²) in [5, 5.41) is 9.21. The van der Waals surface area contributed by atoms with Crippen molar-refractivity contribution < 1.29 is 14.7 Å². The van der Waals surface area contributed by atoms with Crippen LogP contribution in [0.25, 0.3) is 0 Å². The Hall–Kier alpha value is -1.10. The van der Waals surface area contributed by atoms with E-state index in [1.54, 1.807) is 9.80 Å². The zero-order valence-electron chi connectivity index (χ0n) is 10.3. The molecule has 2 atom stereocenters. The minimum Gasteiger partial charge on any atom is -0.394 e. The van der Waals surface area contributed by atoms with Gasteiger partial charge in [-0.1, -0.05) is 0 Å². The number of hydrogen-bond donors (Lipinski definition) is 1. The first-order valence-electron chi connectivity index (χ1n) is 6.36. The molecule has 2 aliphatic rings. The summed E-state index contributed by atoms with van der Waals surface area (Å²) in [5.74, 6) is -0.0777. The zero-order valence-corrected chi connectivity index (χ0v) is 10.3. The molecule has 0 aromatic rings. The Morgan fingerprint density at radius 3 is 2.88 bits per heavy atom. The molecule has 0 aromatic heterocycles. The monoisotopic (exact) mass is 240 g/mol. The second-order valence-corrected chi connectivity index (χ2v) is 4.84. The van der Waals surface area contributed by atoms with E-state index in [2.05, 4.69) is 0 Å². The summed E-state index contributed by atoms with van der Waals surface area (Å²) in [4.78, 5) is 27.3. The van der Waals surface area contributed by atoms with E-state index in [0.717, 1.165) is 19.4 Å². The van der Waals surface area contributed by atoms with E-state index in [1.807, 2.05) is 6.92 Å². The molecule has 2 fully saturated rings. The Kier molecular flexibility index (Phi) is 3.66. The standard InChI is InChI=1S/C12H20N2O3/c1-2-13-7-9(6-11(13)16)12(17)14-5-3-4-10(14)8-15/h9-10,15H,2-8H2,1H3/t9?,10-/m0/s1. The van der Waals surface area contributed by atoms with E-state index >= 15 is 0 Å². The second-order valence-electron chi connectivity index (χ2n) is 4.84. The molecular weight excluding hydrogens is 220 g/mol. The molecule has 2 amide bonds. The molecule has 5 heteroatoms. The Morgan fingerprint density at radius 2 is 2.29 bits per heavy atom. The first-order chi connectivity index (χ1) is 8.17. The third-order valence-corrected chi connectivity index (χ3v) is 3.82. The van der Waals surface area contributed by atoms with Crippen LogP contribution in [0.1, 0.15) is 26.2 Å². The molecule has 0 radical (unpaired) electrons. The number of carbonyl (C=O) groups excluding carboxylic acids is 2. The molecule has 17 heavy (non-hydrogen) atoms. The number of hydrogen-bond acceptors (Lipinski definition) is 3. The third-order valence-electron chi connectivity index (χ3n) is 3.82. The number of aliphatic hydroxyl groups is 1. The van der Waals surface area contributed by atoms with E-state index < -0.39 is 0 Å². The van der Waals surface area contributed by atoms with Gasteiger partial charge in [0.2, 0.25) is 11.8 Å².